The Kier molecular flexibility index (Phi) is 3.47. The maximum Gasteiger partial charge on any atom is 0.128 e. The van der Waals surface area contributed by atoms with Crippen molar-refractivity contribution in [3.05, 3.63) is 59.8 Å². The number of anilines is 1. The molecule has 1 aromatic heterocycles. The lowest BCUT2D eigenvalue weighted by Gasteiger charge is -2.18. The summed E-state index contributed by atoms with van der Waals surface area (Å²) in [5, 5.41) is 0. The number of benzene rings is 1. The lowest BCUT2D eigenvalue weighted by Crippen LogP contribution is -2.20. The van der Waals surface area contributed by atoms with Gasteiger partial charge in [0.2, 0.25) is 0 Å². The standard InChI is InChI=1S/C16H19N3/c17-11-13-6-8-18-16(10-13)19-9-7-15(12-19)14-4-2-1-3-5-14/h1-6,8,10,15H,7,9,11-12,17H2. The normalized spacial score (nSPS) is 18.8. The second-order valence-corrected chi connectivity index (χ2v) is 5.07. The van der Waals surface area contributed by atoms with Gasteiger partial charge in [-0.15, -0.1) is 0 Å². The van der Waals surface area contributed by atoms with E-state index < -0.39 is 0 Å². The Morgan fingerprint density at radius 2 is 2.05 bits per heavy atom. The minimum Gasteiger partial charge on any atom is -0.356 e. The van der Waals surface area contributed by atoms with Gasteiger partial charge in [0.15, 0.2) is 0 Å². The molecule has 1 saturated heterocycles. The zero-order chi connectivity index (χ0) is 13.1. The molecule has 1 aliphatic heterocycles. The van der Waals surface area contributed by atoms with Crippen molar-refractivity contribution < 1.29 is 0 Å². The minimum absolute atomic E-state index is 0.575. The van der Waals surface area contributed by atoms with Crippen molar-refractivity contribution in [2.45, 2.75) is 18.9 Å². The summed E-state index contributed by atoms with van der Waals surface area (Å²) in [4.78, 5) is 6.83. The third-order valence-electron chi connectivity index (χ3n) is 3.83. The van der Waals surface area contributed by atoms with E-state index in [-0.39, 0.29) is 0 Å². The fraction of sp³-hybridized carbons (Fsp3) is 0.312. The van der Waals surface area contributed by atoms with Crippen LogP contribution in [0.25, 0.3) is 0 Å². The molecule has 1 fully saturated rings. The number of hydrogen-bond donors (Lipinski definition) is 1. The molecule has 0 spiro atoms. The van der Waals surface area contributed by atoms with Crippen molar-refractivity contribution >= 4 is 5.82 Å². The molecule has 19 heavy (non-hydrogen) atoms. The van der Waals surface area contributed by atoms with E-state index in [2.05, 4.69) is 46.3 Å². The van der Waals surface area contributed by atoms with E-state index in [9.17, 15) is 0 Å². The van der Waals surface area contributed by atoms with E-state index in [4.69, 9.17) is 5.73 Å². The average molecular weight is 253 g/mol. The molecule has 98 valence electrons. The van der Waals surface area contributed by atoms with Crippen LogP contribution in [0.15, 0.2) is 48.7 Å². The van der Waals surface area contributed by atoms with Gasteiger partial charge in [0.25, 0.3) is 0 Å². The van der Waals surface area contributed by atoms with Gasteiger partial charge in [0, 0.05) is 31.7 Å². The summed E-state index contributed by atoms with van der Waals surface area (Å²) in [6, 6.07) is 14.8. The monoisotopic (exact) mass is 253 g/mol. The highest BCUT2D eigenvalue weighted by Gasteiger charge is 2.24. The van der Waals surface area contributed by atoms with Crippen LogP contribution in [0, 0.1) is 0 Å². The van der Waals surface area contributed by atoms with Crippen molar-refractivity contribution in [2.24, 2.45) is 5.73 Å². The molecular formula is C16H19N3. The quantitative estimate of drug-likeness (QED) is 0.914. The molecule has 1 aliphatic rings. The smallest absolute Gasteiger partial charge is 0.128 e. The SMILES string of the molecule is NCc1ccnc(N2CCC(c3ccccc3)C2)c1. The first kappa shape index (κ1) is 12.2. The van der Waals surface area contributed by atoms with Gasteiger partial charge in [-0.1, -0.05) is 30.3 Å². The predicted molar refractivity (Wildman–Crippen MR) is 78.1 cm³/mol. The van der Waals surface area contributed by atoms with E-state index in [0.717, 1.165) is 24.5 Å². The molecule has 2 aromatic rings. The minimum atomic E-state index is 0.575. The average Bonchev–Trinajstić information content (AvgIpc) is 2.98. The van der Waals surface area contributed by atoms with Gasteiger partial charge in [-0.3, -0.25) is 0 Å². The Morgan fingerprint density at radius 1 is 1.21 bits per heavy atom. The van der Waals surface area contributed by atoms with Crippen LogP contribution in [0.2, 0.25) is 0 Å². The maximum absolute atomic E-state index is 5.69. The summed E-state index contributed by atoms with van der Waals surface area (Å²) < 4.78 is 0. The number of hydrogen-bond acceptors (Lipinski definition) is 3. The van der Waals surface area contributed by atoms with Crippen LogP contribution in [0.4, 0.5) is 5.82 Å². The lowest BCUT2D eigenvalue weighted by molar-refractivity contribution is 0.774. The van der Waals surface area contributed by atoms with E-state index in [1.54, 1.807) is 0 Å². The van der Waals surface area contributed by atoms with Gasteiger partial charge in [-0.25, -0.2) is 4.98 Å². The Labute approximate surface area is 114 Å². The topological polar surface area (TPSA) is 42.1 Å². The molecule has 2 heterocycles. The molecule has 1 atom stereocenters. The Balaban J connectivity index is 1.75. The predicted octanol–water partition coefficient (Wildman–Crippen LogP) is 2.53. The van der Waals surface area contributed by atoms with Crippen molar-refractivity contribution in [2.75, 3.05) is 18.0 Å². The van der Waals surface area contributed by atoms with Crippen molar-refractivity contribution in [1.82, 2.24) is 4.98 Å². The van der Waals surface area contributed by atoms with Gasteiger partial charge in [0.05, 0.1) is 0 Å². The van der Waals surface area contributed by atoms with E-state index >= 15 is 0 Å². The number of nitrogens with zero attached hydrogens (tertiary/aromatic N) is 2. The molecule has 3 rings (SSSR count). The first-order valence-corrected chi connectivity index (χ1v) is 6.81. The molecule has 2 N–H and O–H groups in total. The van der Waals surface area contributed by atoms with Crippen LogP contribution in [0.1, 0.15) is 23.5 Å². The maximum atomic E-state index is 5.69. The highest BCUT2D eigenvalue weighted by Crippen LogP contribution is 2.29. The van der Waals surface area contributed by atoms with E-state index in [1.807, 2.05) is 12.3 Å². The van der Waals surface area contributed by atoms with Gasteiger partial charge in [-0.2, -0.15) is 0 Å². The molecule has 1 unspecified atom stereocenters. The van der Waals surface area contributed by atoms with Crippen molar-refractivity contribution in [1.29, 1.82) is 0 Å². The van der Waals surface area contributed by atoms with Crippen LogP contribution in [-0.2, 0) is 6.54 Å². The Hall–Kier alpha value is -1.87. The first-order chi connectivity index (χ1) is 9.36. The summed E-state index contributed by atoms with van der Waals surface area (Å²) in [6.07, 6.45) is 3.05. The van der Waals surface area contributed by atoms with Crippen LogP contribution < -0.4 is 10.6 Å². The molecule has 0 bridgehead atoms. The Morgan fingerprint density at radius 3 is 2.84 bits per heavy atom. The summed E-state index contributed by atoms with van der Waals surface area (Å²) >= 11 is 0. The van der Waals surface area contributed by atoms with E-state index in [1.165, 1.54) is 12.0 Å². The highest BCUT2D eigenvalue weighted by atomic mass is 15.2. The number of pyridine rings is 1. The molecule has 0 radical (unpaired) electrons. The highest BCUT2D eigenvalue weighted by molar-refractivity contribution is 5.43. The number of nitrogens with two attached hydrogens (primary N) is 1. The molecular weight excluding hydrogens is 234 g/mol. The molecule has 3 nitrogen and oxygen atoms in total. The third-order valence-corrected chi connectivity index (χ3v) is 3.83. The lowest BCUT2D eigenvalue weighted by atomic mass is 9.99. The van der Waals surface area contributed by atoms with Crippen LogP contribution in [0.3, 0.4) is 0 Å². The van der Waals surface area contributed by atoms with Crippen LogP contribution >= 0.6 is 0 Å². The van der Waals surface area contributed by atoms with Crippen molar-refractivity contribution in [3.8, 4) is 0 Å². The zero-order valence-electron chi connectivity index (χ0n) is 11.0. The fourth-order valence-electron chi connectivity index (χ4n) is 2.73. The second-order valence-electron chi connectivity index (χ2n) is 5.07. The number of rotatable bonds is 3. The largest absolute Gasteiger partial charge is 0.356 e. The van der Waals surface area contributed by atoms with Gasteiger partial charge in [0.1, 0.15) is 5.82 Å². The van der Waals surface area contributed by atoms with Gasteiger partial charge < -0.3 is 10.6 Å². The summed E-state index contributed by atoms with van der Waals surface area (Å²) in [5.74, 6) is 1.67. The molecule has 0 amide bonds. The molecule has 1 aromatic carbocycles. The summed E-state index contributed by atoms with van der Waals surface area (Å²) in [6.45, 7) is 2.69. The summed E-state index contributed by atoms with van der Waals surface area (Å²) in [7, 11) is 0. The zero-order valence-corrected chi connectivity index (χ0v) is 11.0. The Bertz CT molecular complexity index is 539. The molecule has 0 aliphatic carbocycles. The summed E-state index contributed by atoms with van der Waals surface area (Å²) in [5.41, 5.74) is 8.27. The van der Waals surface area contributed by atoms with Gasteiger partial charge in [-0.05, 0) is 29.7 Å². The van der Waals surface area contributed by atoms with Crippen LogP contribution in [-0.4, -0.2) is 18.1 Å². The third kappa shape index (κ3) is 2.61. The van der Waals surface area contributed by atoms with Crippen molar-refractivity contribution in [3.63, 3.8) is 0 Å². The first-order valence-electron chi connectivity index (χ1n) is 6.81. The number of aromatic nitrogens is 1. The van der Waals surface area contributed by atoms with Gasteiger partial charge >= 0.3 is 0 Å². The van der Waals surface area contributed by atoms with Crippen LogP contribution in [0.5, 0.6) is 0 Å². The molecule has 3 heteroatoms. The second kappa shape index (κ2) is 5.41. The fourth-order valence-corrected chi connectivity index (χ4v) is 2.73. The molecule has 0 saturated carbocycles. The van der Waals surface area contributed by atoms with E-state index in [0.29, 0.717) is 12.5 Å².